The number of β-amino-alcohol motifs (C(OH)–C–C–N with tert-alkyl or cyclic N) is 1. The second-order valence-electron chi connectivity index (χ2n) is 7.08. The summed E-state index contributed by atoms with van der Waals surface area (Å²) < 4.78 is 5.61. The van der Waals surface area contributed by atoms with Gasteiger partial charge in [0.1, 0.15) is 0 Å². The number of hydrogen-bond donors (Lipinski definition) is 1. The Morgan fingerprint density at radius 3 is 2.80 bits per heavy atom. The lowest BCUT2D eigenvalue weighted by molar-refractivity contribution is -0.385. The lowest BCUT2D eigenvalue weighted by Gasteiger charge is -2.42. The maximum atomic E-state index is 10.9. The summed E-state index contributed by atoms with van der Waals surface area (Å²) in [4.78, 5) is 15.2. The third-order valence-corrected chi connectivity index (χ3v) is 5.24. The largest absolute Gasteiger partial charge is 0.387 e. The molecular weight excluding hydrogens is 322 g/mol. The number of non-ortho nitro benzene ring substituents is 1. The van der Waals surface area contributed by atoms with Gasteiger partial charge in [-0.05, 0) is 38.4 Å². The molecule has 0 saturated carbocycles. The highest BCUT2D eigenvalue weighted by atomic mass is 16.6. The number of nitro benzene ring substituents is 1. The van der Waals surface area contributed by atoms with Crippen molar-refractivity contribution in [2.75, 3.05) is 39.3 Å². The van der Waals surface area contributed by atoms with Crippen molar-refractivity contribution in [3.8, 4) is 0 Å². The highest BCUT2D eigenvalue weighted by molar-refractivity contribution is 5.35. The van der Waals surface area contributed by atoms with E-state index < -0.39 is 11.0 Å². The molecule has 2 atom stereocenters. The van der Waals surface area contributed by atoms with Gasteiger partial charge in [-0.25, -0.2) is 0 Å². The first-order chi connectivity index (χ1) is 12.0. The minimum atomic E-state index is -0.695. The molecule has 2 unspecified atom stereocenters. The number of piperidine rings is 1. The Bertz CT molecular complexity index is 589. The molecule has 2 aliphatic rings. The number of aliphatic hydroxyl groups excluding tert-OH is 1. The van der Waals surface area contributed by atoms with E-state index >= 15 is 0 Å². The zero-order valence-corrected chi connectivity index (χ0v) is 14.7. The Morgan fingerprint density at radius 2 is 2.12 bits per heavy atom. The van der Waals surface area contributed by atoms with Crippen LogP contribution in [0.15, 0.2) is 24.3 Å². The minimum Gasteiger partial charge on any atom is -0.387 e. The normalized spacial score (nSPS) is 25.0. The Kier molecular flexibility index (Phi) is 6.01. The summed E-state index contributed by atoms with van der Waals surface area (Å²) in [5, 5.41) is 21.3. The van der Waals surface area contributed by atoms with E-state index in [-0.39, 0.29) is 5.69 Å². The molecule has 138 valence electrons. The Labute approximate surface area is 148 Å². The molecular formula is C18H27N3O4. The molecule has 7 heteroatoms. The highest BCUT2D eigenvalue weighted by Crippen LogP contribution is 2.23. The van der Waals surface area contributed by atoms with Crippen molar-refractivity contribution in [3.63, 3.8) is 0 Å². The van der Waals surface area contributed by atoms with Gasteiger partial charge in [-0.15, -0.1) is 0 Å². The molecule has 0 spiro atoms. The van der Waals surface area contributed by atoms with E-state index in [1.54, 1.807) is 12.1 Å². The fourth-order valence-corrected chi connectivity index (χ4v) is 3.84. The zero-order valence-electron chi connectivity index (χ0n) is 14.7. The molecule has 1 N–H and O–H groups in total. The Morgan fingerprint density at radius 1 is 1.36 bits per heavy atom. The first-order valence-corrected chi connectivity index (χ1v) is 9.03. The van der Waals surface area contributed by atoms with Crippen LogP contribution in [0, 0.1) is 10.1 Å². The monoisotopic (exact) mass is 349 g/mol. The lowest BCUT2D eigenvalue weighted by atomic mass is 10.0. The van der Waals surface area contributed by atoms with Crippen LogP contribution in [0.25, 0.3) is 0 Å². The summed E-state index contributed by atoms with van der Waals surface area (Å²) in [6.07, 6.45) is 1.80. The number of aliphatic hydroxyl groups is 1. The Hall–Kier alpha value is -1.54. The molecule has 0 amide bonds. The van der Waals surface area contributed by atoms with Crippen LogP contribution in [0.1, 0.15) is 31.4 Å². The Balaban J connectivity index is 1.50. The number of nitro groups is 1. The van der Waals surface area contributed by atoms with Crippen molar-refractivity contribution >= 4 is 5.69 Å². The second-order valence-corrected chi connectivity index (χ2v) is 7.08. The molecule has 1 aromatic carbocycles. The molecule has 1 aromatic rings. The van der Waals surface area contributed by atoms with Crippen LogP contribution in [-0.2, 0) is 4.74 Å². The number of nitrogens with zero attached hydrogens (tertiary/aromatic N) is 3. The summed E-state index contributed by atoms with van der Waals surface area (Å²) in [6.45, 7) is 7.36. The van der Waals surface area contributed by atoms with Crippen LogP contribution in [-0.4, -0.2) is 71.3 Å². The maximum Gasteiger partial charge on any atom is 0.269 e. The van der Waals surface area contributed by atoms with E-state index in [1.807, 2.05) is 0 Å². The van der Waals surface area contributed by atoms with Crippen LogP contribution in [0.4, 0.5) is 5.69 Å². The van der Waals surface area contributed by atoms with Gasteiger partial charge in [0.25, 0.3) is 5.69 Å². The van der Waals surface area contributed by atoms with Crippen LogP contribution < -0.4 is 0 Å². The smallest absolute Gasteiger partial charge is 0.269 e. The second kappa shape index (κ2) is 8.23. The van der Waals surface area contributed by atoms with Gasteiger partial charge < -0.3 is 14.7 Å². The number of rotatable bonds is 5. The molecule has 2 saturated heterocycles. The minimum absolute atomic E-state index is 0.0247. The quantitative estimate of drug-likeness (QED) is 0.645. The number of ether oxygens (including phenoxy) is 1. The molecule has 0 bridgehead atoms. The van der Waals surface area contributed by atoms with Crippen LogP contribution in [0.5, 0.6) is 0 Å². The van der Waals surface area contributed by atoms with Crippen LogP contribution >= 0.6 is 0 Å². The summed E-state index contributed by atoms with van der Waals surface area (Å²) in [5.41, 5.74) is 0.634. The van der Waals surface area contributed by atoms with Gasteiger partial charge in [0.05, 0.1) is 23.7 Å². The summed E-state index contributed by atoms with van der Waals surface area (Å²) in [6, 6.07) is 6.89. The topological polar surface area (TPSA) is 79.1 Å². The van der Waals surface area contributed by atoms with Crippen molar-refractivity contribution in [1.82, 2.24) is 9.80 Å². The first kappa shape index (κ1) is 18.3. The van der Waals surface area contributed by atoms with E-state index in [2.05, 4.69) is 16.7 Å². The van der Waals surface area contributed by atoms with Crippen LogP contribution in [0.2, 0.25) is 0 Å². The predicted octanol–water partition coefficient (Wildman–Crippen LogP) is 1.81. The molecule has 2 heterocycles. The third kappa shape index (κ3) is 4.76. The van der Waals surface area contributed by atoms with Gasteiger partial charge in [0.2, 0.25) is 0 Å². The molecule has 25 heavy (non-hydrogen) atoms. The number of likely N-dealkylation sites (tertiary alicyclic amines) is 1. The molecule has 0 radical (unpaired) electrons. The van der Waals surface area contributed by atoms with E-state index in [4.69, 9.17) is 4.74 Å². The van der Waals surface area contributed by atoms with Crippen molar-refractivity contribution in [1.29, 1.82) is 0 Å². The SMILES string of the molecule is CC1CN(C2CCN(CC(O)c3cccc([N+](=O)[O-])c3)CC2)CCO1. The highest BCUT2D eigenvalue weighted by Gasteiger charge is 2.28. The maximum absolute atomic E-state index is 10.9. The average Bonchev–Trinajstić information content (AvgIpc) is 2.62. The van der Waals surface area contributed by atoms with E-state index in [1.165, 1.54) is 12.1 Å². The van der Waals surface area contributed by atoms with Gasteiger partial charge in [-0.1, -0.05) is 12.1 Å². The van der Waals surface area contributed by atoms with E-state index in [9.17, 15) is 15.2 Å². The fraction of sp³-hybridized carbons (Fsp3) is 0.667. The van der Waals surface area contributed by atoms with Gasteiger partial charge in [0, 0.05) is 37.8 Å². The van der Waals surface area contributed by atoms with E-state index in [0.717, 1.165) is 45.6 Å². The third-order valence-electron chi connectivity index (χ3n) is 5.24. The molecule has 3 rings (SSSR count). The van der Waals surface area contributed by atoms with Gasteiger partial charge in [-0.2, -0.15) is 0 Å². The van der Waals surface area contributed by atoms with Crippen molar-refractivity contribution in [2.45, 2.75) is 38.0 Å². The first-order valence-electron chi connectivity index (χ1n) is 9.03. The van der Waals surface area contributed by atoms with Crippen molar-refractivity contribution < 1.29 is 14.8 Å². The predicted molar refractivity (Wildman–Crippen MR) is 94.5 cm³/mol. The van der Waals surface area contributed by atoms with Gasteiger partial charge in [0.15, 0.2) is 0 Å². The molecule has 0 aliphatic carbocycles. The lowest BCUT2D eigenvalue weighted by Crippen LogP contribution is -2.51. The van der Waals surface area contributed by atoms with Crippen LogP contribution in [0.3, 0.4) is 0 Å². The zero-order chi connectivity index (χ0) is 17.8. The van der Waals surface area contributed by atoms with Gasteiger partial charge >= 0.3 is 0 Å². The summed E-state index contributed by atoms with van der Waals surface area (Å²) >= 11 is 0. The summed E-state index contributed by atoms with van der Waals surface area (Å²) in [7, 11) is 0. The number of morpholine rings is 1. The fourth-order valence-electron chi connectivity index (χ4n) is 3.84. The van der Waals surface area contributed by atoms with E-state index in [0.29, 0.717) is 24.3 Å². The molecule has 7 nitrogen and oxygen atoms in total. The molecule has 2 aliphatic heterocycles. The number of hydrogen-bond acceptors (Lipinski definition) is 6. The number of benzene rings is 1. The standard InChI is InChI=1S/C18H27N3O4/c1-14-12-20(9-10-25-14)16-5-7-19(8-6-16)13-18(22)15-3-2-4-17(11-15)21(23)24/h2-4,11,14,16,18,22H,5-10,12-13H2,1H3. The molecule has 0 aromatic heterocycles. The summed E-state index contributed by atoms with van der Waals surface area (Å²) in [5.74, 6) is 0. The van der Waals surface area contributed by atoms with Crippen molar-refractivity contribution in [3.05, 3.63) is 39.9 Å². The molecule has 2 fully saturated rings. The van der Waals surface area contributed by atoms with Crippen molar-refractivity contribution in [2.24, 2.45) is 0 Å². The van der Waals surface area contributed by atoms with Gasteiger partial charge in [-0.3, -0.25) is 15.0 Å². The average molecular weight is 349 g/mol.